The zero-order chi connectivity index (χ0) is 10.6. The summed E-state index contributed by atoms with van der Waals surface area (Å²) in [6.07, 6.45) is 1.24. The highest BCUT2D eigenvalue weighted by molar-refractivity contribution is 9.10. The molecule has 0 N–H and O–H groups in total. The van der Waals surface area contributed by atoms with Crippen molar-refractivity contribution >= 4 is 31.9 Å². The van der Waals surface area contributed by atoms with Gasteiger partial charge in [0.2, 0.25) is 0 Å². The van der Waals surface area contributed by atoms with Gasteiger partial charge >= 0.3 is 0 Å². The van der Waals surface area contributed by atoms with Crippen LogP contribution in [0, 0.1) is 5.92 Å². The van der Waals surface area contributed by atoms with Crippen molar-refractivity contribution in [2.75, 3.05) is 5.33 Å². The van der Waals surface area contributed by atoms with Crippen LogP contribution in [0.25, 0.3) is 0 Å². The van der Waals surface area contributed by atoms with E-state index in [0.717, 1.165) is 11.2 Å². The first-order valence-corrected chi connectivity index (χ1v) is 6.86. The maximum atomic E-state index is 3.59. The second-order valence-corrected chi connectivity index (χ2v) is 5.60. The lowest BCUT2D eigenvalue weighted by molar-refractivity contribution is 0.529. The average Bonchev–Trinajstić information content (AvgIpc) is 2.14. The first-order valence-electron chi connectivity index (χ1n) is 4.95. The second kappa shape index (κ2) is 5.92. The fraction of sp³-hybridized carbons (Fsp3) is 0.500. The second-order valence-electron chi connectivity index (χ2n) is 4.04. The van der Waals surface area contributed by atoms with Gasteiger partial charge in [-0.15, -0.1) is 0 Å². The third kappa shape index (κ3) is 3.74. The maximum absolute atomic E-state index is 3.59. The molecule has 14 heavy (non-hydrogen) atoms. The SMILES string of the molecule is CC(C)CC(CBr)c1cccc(Br)c1. The number of halogens is 2. The summed E-state index contributed by atoms with van der Waals surface area (Å²) < 4.78 is 1.17. The predicted octanol–water partition coefficient (Wildman–Crippen LogP) is 4.97. The predicted molar refractivity (Wildman–Crippen MR) is 70.1 cm³/mol. The molecule has 0 saturated carbocycles. The van der Waals surface area contributed by atoms with Crippen LogP contribution in [0.1, 0.15) is 31.7 Å². The highest BCUT2D eigenvalue weighted by Crippen LogP contribution is 2.27. The van der Waals surface area contributed by atoms with Crippen molar-refractivity contribution in [1.29, 1.82) is 0 Å². The molecule has 0 heterocycles. The Labute approximate surface area is 103 Å². The van der Waals surface area contributed by atoms with Crippen LogP contribution in [0.2, 0.25) is 0 Å². The highest BCUT2D eigenvalue weighted by Gasteiger charge is 2.11. The number of alkyl halides is 1. The molecule has 0 amide bonds. The molecule has 0 aromatic heterocycles. The van der Waals surface area contributed by atoms with Crippen LogP contribution in [-0.4, -0.2) is 5.33 Å². The van der Waals surface area contributed by atoms with E-state index >= 15 is 0 Å². The van der Waals surface area contributed by atoms with E-state index in [9.17, 15) is 0 Å². The standard InChI is InChI=1S/C12H16Br2/c1-9(2)6-11(8-13)10-4-3-5-12(14)7-10/h3-5,7,9,11H,6,8H2,1-2H3. The van der Waals surface area contributed by atoms with Gasteiger partial charge in [0.15, 0.2) is 0 Å². The van der Waals surface area contributed by atoms with Crippen LogP contribution >= 0.6 is 31.9 Å². The van der Waals surface area contributed by atoms with Gasteiger partial charge in [-0.05, 0) is 36.0 Å². The fourth-order valence-corrected chi connectivity index (χ4v) is 2.67. The highest BCUT2D eigenvalue weighted by atomic mass is 79.9. The monoisotopic (exact) mass is 318 g/mol. The van der Waals surface area contributed by atoms with Crippen molar-refractivity contribution in [3.05, 3.63) is 34.3 Å². The van der Waals surface area contributed by atoms with Gasteiger partial charge in [-0.2, -0.15) is 0 Å². The topological polar surface area (TPSA) is 0 Å². The molecule has 0 bridgehead atoms. The van der Waals surface area contributed by atoms with Gasteiger partial charge in [0, 0.05) is 9.80 Å². The lowest BCUT2D eigenvalue weighted by atomic mass is 9.92. The molecule has 1 rings (SSSR count). The Morgan fingerprint density at radius 1 is 1.29 bits per heavy atom. The molecule has 0 spiro atoms. The van der Waals surface area contributed by atoms with Crippen molar-refractivity contribution in [2.24, 2.45) is 5.92 Å². The largest absolute Gasteiger partial charge is 0.0921 e. The normalized spacial score (nSPS) is 13.2. The summed E-state index contributed by atoms with van der Waals surface area (Å²) in [4.78, 5) is 0. The summed E-state index contributed by atoms with van der Waals surface area (Å²) in [6, 6.07) is 8.60. The molecule has 1 atom stereocenters. The lowest BCUT2D eigenvalue weighted by Crippen LogP contribution is -2.04. The summed E-state index contributed by atoms with van der Waals surface area (Å²) in [6.45, 7) is 4.54. The molecule has 0 saturated heterocycles. The first-order chi connectivity index (χ1) is 6.63. The Morgan fingerprint density at radius 2 is 2.00 bits per heavy atom. The van der Waals surface area contributed by atoms with Gasteiger partial charge < -0.3 is 0 Å². The van der Waals surface area contributed by atoms with Gasteiger partial charge in [0.1, 0.15) is 0 Å². The van der Waals surface area contributed by atoms with Gasteiger partial charge in [0.05, 0.1) is 0 Å². The Kier molecular flexibility index (Phi) is 5.18. The van der Waals surface area contributed by atoms with E-state index in [4.69, 9.17) is 0 Å². The van der Waals surface area contributed by atoms with Crippen LogP contribution in [0.3, 0.4) is 0 Å². The molecule has 0 radical (unpaired) electrons. The van der Waals surface area contributed by atoms with E-state index in [1.807, 2.05) is 0 Å². The Morgan fingerprint density at radius 3 is 2.50 bits per heavy atom. The van der Waals surface area contributed by atoms with Gasteiger partial charge in [0.25, 0.3) is 0 Å². The molecule has 1 unspecified atom stereocenters. The van der Waals surface area contributed by atoms with Gasteiger partial charge in [-0.25, -0.2) is 0 Å². The molecule has 0 fully saturated rings. The van der Waals surface area contributed by atoms with E-state index in [0.29, 0.717) is 5.92 Å². The summed E-state index contributed by atoms with van der Waals surface area (Å²) in [5.41, 5.74) is 1.42. The van der Waals surface area contributed by atoms with Crippen LogP contribution in [0.5, 0.6) is 0 Å². The Bertz CT molecular complexity index is 281. The lowest BCUT2D eigenvalue weighted by Gasteiger charge is -2.16. The van der Waals surface area contributed by atoms with Crippen LogP contribution in [0.15, 0.2) is 28.7 Å². The Balaban J connectivity index is 2.78. The van der Waals surface area contributed by atoms with E-state index < -0.39 is 0 Å². The van der Waals surface area contributed by atoms with Crippen molar-refractivity contribution < 1.29 is 0 Å². The summed E-state index contributed by atoms with van der Waals surface area (Å²) in [5, 5.41) is 1.04. The fourth-order valence-electron chi connectivity index (χ4n) is 1.62. The van der Waals surface area contributed by atoms with Crippen molar-refractivity contribution in [3.63, 3.8) is 0 Å². The van der Waals surface area contributed by atoms with E-state index in [1.165, 1.54) is 16.5 Å². The minimum Gasteiger partial charge on any atom is -0.0921 e. The van der Waals surface area contributed by atoms with Crippen LogP contribution in [-0.2, 0) is 0 Å². The van der Waals surface area contributed by atoms with E-state index in [1.54, 1.807) is 0 Å². The Hall–Kier alpha value is 0.180. The molecule has 78 valence electrons. The smallest absolute Gasteiger partial charge is 0.0178 e. The van der Waals surface area contributed by atoms with Crippen LogP contribution in [0.4, 0.5) is 0 Å². The summed E-state index contributed by atoms with van der Waals surface area (Å²) in [5.74, 6) is 1.38. The van der Waals surface area contributed by atoms with Crippen LogP contribution < -0.4 is 0 Å². The number of hydrogen-bond acceptors (Lipinski definition) is 0. The molecule has 0 aliphatic rings. The molecule has 0 aliphatic carbocycles. The minimum atomic E-state index is 0.632. The van der Waals surface area contributed by atoms with Crippen molar-refractivity contribution in [2.45, 2.75) is 26.2 Å². The van der Waals surface area contributed by atoms with Gasteiger partial charge in [-0.1, -0.05) is 57.8 Å². The third-order valence-electron chi connectivity index (χ3n) is 2.26. The zero-order valence-electron chi connectivity index (χ0n) is 8.63. The van der Waals surface area contributed by atoms with Crippen molar-refractivity contribution in [3.8, 4) is 0 Å². The average molecular weight is 320 g/mol. The zero-order valence-corrected chi connectivity index (χ0v) is 11.8. The summed E-state index contributed by atoms with van der Waals surface area (Å²) >= 11 is 7.10. The molecule has 0 aliphatic heterocycles. The van der Waals surface area contributed by atoms with Crippen molar-refractivity contribution in [1.82, 2.24) is 0 Å². The third-order valence-corrected chi connectivity index (χ3v) is 3.54. The number of benzene rings is 1. The summed E-state index contributed by atoms with van der Waals surface area (Å²) in [7, 11) is 0. The molecular formula is C12H16Br2. The number of rotatable bonds is 4. The van der Waals surface area contributed by atoms with E-state index in [-0.39, 0.29) is 0 Å². The molecular weight excluding hydrogens is 304 g/mol. The quantitative estimate of drug-likeness (QED) is 0.687. The maximum Gasteiger partial charge on any atom is 0.0178 e. The number of hydrogen-bond donors (Lipinski definition) is 0. The first kappa shape index (κ1) is 12.3. The van der Waals surface area contributed by atoms with Gasteiger partial charge in [-0.3, -0.25) is 0 Å². The molecule has 1 aromatic carbocycles. The molecule has 0 nitrogen and oxygen atoms in total. The minimum absolute atomic E-state index is 0.632. The molecule has 1 aromatic rings. The van der Waals surface area contributed by atoms with E-state index in [2.05, 4.69) is 70.0 Å². The molecule has 2 heteroatoms.